The Hall–Kier alpha value is -2.15. The molecular weight excluding hydrogens is 691 g/mol. The van der Waals surface area contributed by atoms with Crippen LogP contribution in [0.25, 0.3) is 0 Å². The first-order chi connectivity index (χ1) is 24.9. The van der Waals surface area contributed by atoms with Gasteiger partial charge in [0.05, 0.1) is 32.0 Å². The number of aliphatic hydroxyl groups is 4. The van der Waals surface area contributed by atoms with Crippen LogP contribution in [0.15, 0.2) is 48.6 Å². The van der Waals surface area contributed by atoms with Crippen molar-refractivity contribution in [2.45, 2.75) is 154 Å². The fourth-order valence-electron chi connectivity index (χ4n) is 4.79. The topological polar surface area (TPSA) is 189 Å². The fourth-order valence-corrected chi connectivity index (χ4v) is 5.58. The summed E-state index contributed by atoms with van der Waals surface area (Å²) < 4.78 is 32.3. The molecule has 52 heavy (non-hydrogen) atoms. The molecule has 0 fully saturated rings. The van der Waals surface area contributed by atoms with E-state index < -0.39 is 70.6 Å². The monoisotopic (exact) mass is 760 g/mol. The molecule has 0 saturated carbocycles. The molecule has 0 amide bonds. The van der Waals surface area contributed by atoms with E-state index in [1.165, 1.54) is 19.3 Å². The van der Waals surface area contributed by atoms with Gasteiger partial charge in [-0.3, -0.25) is 18.6 Å². The lowest BCUT2D eigenvalue weighted by atomic mass is 10.0. The lowest BCUT2D eigenvalue weighted by molar-refractivity contribution is -0.161. The van der Waals surface area contributed by atoms with Gasteiger partial charge < -0.3 is 34.8 Å². The average molecular weight is 761 g/mol. The Morgan fingerprint density at radius 3 is 1.79 bits per heavy atom. The molecule has 0 aliphatic carbocycles. The molecule has 0 aliphatic rings. The van der Waals surface area contributed by atoms with Gasteiger partial charge in [-0.1, -0.05) is 114 Å². The average Bonchev–Trinajstić information content (AvgIpc) is 3.11. The van der Waals surface area contributed by atoms with Gasteiger partial charge in [-0.2, -0.15) is 0 Å². The molecule has 0 saturated heterocycles. The minimum atomic E-state index is -4.68. The Balaban J connectivity index is 4.61. The molecule has 0 heterocycles. The highest BCUT2D eigenvalue weighted by Crippen LogP contribution is 2.43. The van der Waals surface area contributed by atoms with Crippen LogP contribution in [0.5, 0.6) is 0 Å². The zero-order chi connectivity index (χ0) is 38.9. The summed E-state index contributed by atoms with van der Waals surface area (Å²) in [5.41, 5.74) is 0. The van der Waals surface area contributed by atoms with Crippen molar-refractivity contribution in [3.8, 4) is 0 Å². The second-order valence-corrected chi connectivity index (χ2v) is 14.8. The van der Waals surface area contributed by atoms with Crippen LogP contribution in [0.3, 0.4) is 0 Å². The summed E-state index contributed by atoms with van der Waals surface area (Å²) in [6.07, 6.45) is 24.3. The Labute approximate surface area is 312 Å². The predicted octanol–water partition coefficient (Wildman–Crippen LogP) is 7.18. The summed E-state index contributed by atoms with van der Waals surface area (Å²) >= 11 is 0. The standard InChI is InChI=1S/C39H69O12P/c1-4-5-6-7-8-9-10-11-12-15-18-21-25-36(42)37(43)26-23-28-38(44)48-31-35(32-50-52(46,47)49-30-34(41)29-40)51-39(45)27-22-19-16-13-14-17-20-24-33(2)3/h5-6,8-9,11-12,18,21,33-37,40-43H,4,7,10,13-17,19-20,22-32H2,1-3H3,(H,46,47)/b6-5-,9-8-,12-11-,21-18-/t34-,35+,36-,37-/m0/s1. The first-order valence-electron chi connectivity index (χ1n) is 19.1. The molecule has 5 N–H and O–H groups in total. The molecule has 13 heteroatoms. The van der Waals surface area contributed by atoms with E-state index in [2.05, 4.69) is 55.7 Å². The van der Waals surface area contributed by atoms with Crippen LogP contribution < -0.4 is 0 Å². The number of hydrogen-bond donors (Lipinski definition) is 5. The highest BCUT2D eigenvalue weighted by atomic mass is 31.2. The first-order valence-corrected chi connectivity index (χ1v) is 20.6. The van der Waals surface area contributed by atoms with Gasteiger partial charge in [0.15, 0.2) is 6.10 Å². The molecular formula is C39H69O12P. The van der Waals surface area contributed by atoms with E-state index in [9.17, 15) is 34.4 Å². The molecule has 1 unspecified atom stereocenters. The molecule has 0 radical (unpaired) electrons. The minimum Gasteiger partial charge on any atom is -0.462 e. The van der Waals surface area contributed by atoms with E-state index in [4.69, 9.17) is 19.1 Å². The predicted molar refractivity (Wildman–Crippen MR) is 203 cm³/mol. The number of allylic oxidation sites excluding steroid dienone is 7. The van der Waals surface area contributed by atoms with Crippen LogP contribution in [-0.4, -0.2) is 88.1 Å². The highest BCUT2D eigenvalue weighted by molar-refractivity contribution is 7.47. The summed E-state index contributed by atoms with van der Waals surface area (Å²) in [6, 6.07) is 0. The van der Waals surface area contributed by atoms with E-state index >= 15 is 0 Å². The number of phosphoric acid groups is 1. The van der Waals surface area contributed by atoms with Crippen LogP contribution in [0, 0.1) is 5.92 Å². The van der Waals surface area contributed by atoms with Gasteiger partial charge >= 0.3 is 19.8 Å². The van der Waals surface area contributed by atoms with Crippen molar-refractivity contribution in [3.63, 3.8) is 0 Å². The number of rotatable bonds is 34. The second-order valence-electron chi connectivity index (χ2n) is 13.4. The normalized spacial score (nSPS) is 15.9. The molecule has 5 atom stereocenters. The van der Waals surface area contributed by atoms with E-state index in [1.807, 2.05) is 18.2 Å². The van der Waals surface area contributed by atoms with E-state index in [1.54, 1.807) is 0 Å². The van der Waals surface area contributed by atoms with Crippen LogP contribution in [0.2, 0.25) is 0 Å². The van der Waals surface area contributed by atoms with E-state index in [0.29, 0.717) is 18.8 Å². The minimum absolute atomic E-state index is 0.0760. The van der Waals surface area contributed by atoms with Gasteiger partial charge in [0.1, 0.15) is 12.7 Å². The Bertz CT molecular complexity index is 1060. The van der Waals surface area contributed by atoms with Gasteiger partial charge in [0.25, 0.3) is 0 Å². The third-order valence-corrected chi connectivity index (χ3v) is 8.83. The largest absolute Gasteiger partial charge is 0.472 e. The van der Waals surface area contributed by atoms with Crippen molar-refractivity contribution in [1.82, 2.24) is 0 Å². The number of esters is 2. The molecule has 0 spiro atoms. The number of aliphatic hydroxyl groups excluding tert-OH is 4. The fraction of sp³-hybridized carbons (Fsp3) is 0.744. The Morgan fingerprint density at radius 2 is 1.19 bits per heavy atom. The van der Waals surface area contributed by atoms with Crippen molar-refractivity contribution >= 4 is 19.8 Å². The van der Waals surface area contributed by atoms with Crippen LogP contribution in [0.1, 0.15) is 130 Å². The molecule has 0 aromatic rings. The van der Waals surface area contributed by atoms with Gasteiger partial charge in [0, 0.05) is 12.8 Å². The summed E-state index contributed by atoms with van der Waals surface area (Å²) in [5.74, 6) is -0.507. The maximum atomic E-state index is 12.5. The second kappa shape index (κ2) is 33.4. The Morgan fingerprint density at radius 1 is 0.654 bits per heavy atom. The summed E-state index contributed by atoms with van der Waals surface area (Å²) in [5, 5.41) is 38.8. The van der Waals surface area contributed by atoms with Crippen LogP contribution in [-0.2, 0) is 32.7 Å². The van der Waals surface area contributed by atoms with Gasteiger partial charge in [0.2, 0.25) is 0 Å². The molecule has 0 bridgehead atoms. The van der Waals surface area contributed by atoms with Crippen LogP contribution in [0.4, 0.5) is 0 Å². The smallest absolute Gasteiger partial charge is 0.462 e. The molecule has 302 valence electrons. The quantitative estimate of drug-likeness (QED) is 0.0193. The molecule has 0 aliphatic heterocycles. The van der Waals surface area contributed by atoms with Gasteiger partial charge in [-0.25, -0.2) is 4.57 Å². The lowest BCUT2D eigenvalue weighted by Gasteiger charge is -2.20. The molecule has 0 rings (SSSR count). The number of ether oxygens (including phenoxy) is 2. The third-order valence-electron chi connectivity index (χ3n) is 7.88. The summed E-state index contributed by atoms with van der Waals surface area (Å²) in [7, 11) is -4.68. The van der Waals surface area contributed by atoms with E-state index in [-0.39, 0.29) is 32.1 Å². The van der Waals surface area contributed by atoms with Crippen molar-refractivity contribution in [3.05, 3.63) is 48.6 Å². The number of unbranched alkanes of at least 4 members (excludes halogenated alkanes) is 6. The SMILES string of the molecule is CC/C=C\C/C=C\C/C=C\C/C=C\C[C@H](O)[C@@H](O)CCCC(=O)OC[C@H](COP(=O)(O)OC[C@@H](O)CO)OC(=O)CCCCCCCCCC(C)C. The highest BCUT2D eigenvalue weighted by Gasteiger charge is 2.27. The summed E-state index contributed by atoms with van der Waals surface area (Å²) in [6.45, 7) is 4.13. The maximum Gasteiger partial charge on any atom is 0.472 e. The van der Waals surface area contributed by atoms with Crippen molar-refractivity contribution in [2.24, 2.45) is 5.92 Å². The molecule has 12 nitrogen and oxygen atoms in total. The zero-order valence-electron chi connectivity index (χ0n) is 31.9. The number of phosphoric ester groups is 1. The number of hydrogen-bond acceptors (Lipinski definition) is 11. The van der Waals surface area contributed by atoms with E-state index in [0.717, 1.165) is 44.9 Å². The number of carbonyl (C=O) groups is 2. The number of carbonyl (C=O) groups excluding carboxylic acids is 2. The summed E-state index contributed by atoms with van der Waals surface area (Å²) in [4.78, 5) is 34.8. The first kappa shape index (κ1) is 49.9. The lowest BCUT2D eigenvalue weighted by Crippen LogP contribution is -2.30. The van der Waals surface area contributed by atoms with Crippen molar-refractivity contribution in [1.29, 1.82) is 0 Å². The zero-order valence-corrected chi connectivity index (χ0v) is 32.8. The third kappa shape index (κ3) is 32.5. The van der Waals surface area contributed by atoms with Gasteiger partial charge in [-0.05, 0) is 57.3 Å². The van der Waals surface area contributed by atoms with Gasteiger partial charge in [-0.15, -0.1) is 0 Å². The Kier molecular flexibility index (Phi) is 32.0. The van der Waals surface area contributed by atoms with Crippen LogP contribution >= 0.6 is 7.82 Å². The molecule has 0 aromatic heterocycles. The van der Waals surface area contributed by atoms with Crippen molar-refractivity contribution in [2.75, 3.05) is 26.4 Å². The molecule has 0 aromatic carbocycles. The van der Waals surface area contributed by atoms with Crippen molar-refractivity contribution < 1.29 is 58.0 Å². The maximum absolute atomic E-state index is 12.5.